The minimum atomic E-state index is -0.319. The highest BCUT2D eigenvalue weighted by molar-refractivity contribution is 14.1. The van der Waals surface area contributed by atoms with Gasteiger partial charge in [0.25, 0.3) is 0 Å². The first kappa shape index (κ1) is 19.3. The van der Waals surface area contributed by atoms with E-state index >= 15 is 0 Å². The van der Waals surface area contributed by atoms with Gasteiger partial charge in [-0.15, -0.1) is 0 Å². The minimum Gasteiger partial charge on any atom is -0.318 e. The van der Waals surface area contributed by atoms with Gasteiger partial charge in [0, 0.05) is 26.2 Å². The van der Waals surface area contributed by atoms with Crippen LogP contribution in [-0.4, -0.2) is 16.7 Å². The van der Waals surface area contributed by atoms with E-state index in [2.05, 4.69) is 62.0 Å². The summed E-state index contributed by atoms with van der Waals surface area (Å²) in [6, 6.07) is 16.2. The topological polar surface area (TPSA) is 46.4 Å². The number of hydrazone groups is 1. The molecule has 0 unspecified atom stereocenters. The molecule has 2 aromatic carbocycles. The standard InChI is InChI=1S/C21H19FIN3O/c1-14-11-17(15(2)26(14)20-9-7-19(23)8-10-20)13-24-25-21(27)12-16-3-5-18(22)6-4-16/h3-11,13H,12H2,1-2H3,(H,25,27)/b24-13-. The van der Waals surface area contributed by atoms with Gasteiger partial charge in [-0.2, -0.15) is 5.10 Å². The van der Waals surface area contributed by atoms with E-state index in [4.69, 9.17) is 0 Å². The molecule has 0 saturated carbocycles. The van der Waals surface area contributed by atoms with Crippen LogP contribution in [0.3, 0.4) is 0 Å². The quantitative estimate of drug-likeness (QED) is 0.329. The molecule has 0 aliphatic heterocycles. The Morgan fingerprint density at radius 1 is 1.15 bits per heavy atom. The molecule has 1 aromatic heterocycles. The Bertz CT molecular complexity index is 976. The number of amides is 1. The molecule has 1 amide bonds. The number of aryl methyl sites for hydroxylation is 1. The molecule has 3 rings (SSSR count). The van der Waals surface area contributed by atoms with Gasteiger partial charge in [0.1, 0.15) is 5.82 Å². The summed E-state index contributed by atoms with van der Waals surface area (Å²) in [5.74, 6) is -0.565. The Balaban J connectivity index is 1.68. The molecular formula is C21H19FIN3O. The normalized spacial score (nSPS) is 11.1. The Morgan fingerprint density at radius 3 is 2.48 bits per heavy atom. The van der Waals surface area contributed by atoms with Gasteiger partial charge in [0.15, 0.2) is 0 Å². The number of nitrogens with zero attached hydrogens (tertiary/aromatic N) is 2. The van der Waals surface area contributed by atoms with Gasteiger partial charge in [-0.3, -0.25) is 4.79 Å². The molecule has 0 spiro atoms. The number of hydrogen-bond donors (Lipinski definition) is 1. The molecule has 6 heteroatoms. The molecule has 0 aliphatic carbocycles. The summed E-state index contributed by atoms with van der Waals surface area (Å²) in [6.45, 7) is 4.06. The summed E-state index contributed by atoms with van der Waals surface area (Å²) >= 11 is 2.28. The first-order valence-electron chi connectivity index (χ1n) is 8.45. The predicted molar refractivity (Wildman–Crippen MR) is 114 cm³/mol. The largest absolute Gasteiger partial charge is 0.318 e. The molecule has 0 bridgehead atoms. The van der Waals surface area contributed by atoms with E-state index in [-0.39, 0.29) is 18.1 Å². The summed E-state index contributed by atoms with van der Waals surface area (Å²) in [4.78, 5) is 12.0. The van der Waals surface area contributed by atoms with Crippen molar-refractivity contribution in [3.63, 3.8) is 0 Å². The maximum absolute atomic E-state index is 12.9. The van der Waals surface area contributed by atoms with Crippen LogP contribution < -0.4 is 5.43 Å². The molecule has 0 fully saturated rings. The number of nitrogens with one attached hydrogen (secondary N) is 1. The molecule has 0 aliphatic rings. The highest BCUT2D eigenvalue weighted by atomic mass is 127. The molecule has 0 saturated heterocycles. The smallest absolute Gasteiger partial charge is 0.244 e. The summed E-state index contributed by atoms with van der Waals surface area (Å²) in [5.41, 5.74) is 7.42. The van der Waals surface area contributed by atoms with Crippen molar-refractivity contribution in [2.24, 2.45) is 5.10 Å². The zero-order valence-corrected chi connectivity index (χ0v) is 17.2. The fourth-order valence-electron chi connectivity index (χ4n) is 2.91. The fourth-order valence-corrected chi connectivity index (χ4v) is 3.27. The van der Waals surface area contributed by atoms with Gasteiger partial charge in [-0.25, -0.2) is 9.82 Å². The Hall–Kier alpha value is -2.48. The van der Waals surface area contributed by atoms with Crippen molar-refractivity contribution in [3.8, 4) is 5.69 Å². The lowest BCUT2D eigenvalue weighted by Crippen LogP contribution is -2.19. The fraction of sp³-hybridized carbons (Fsp3) is 0.143. The van der Waals surface area contributed by atoms with Crippen LogP contribution in [0.4, 0.5) is 4.39 Å². The van der Waals surface area contributed by atoms with Crippen LogP contribution in [-0.2, 0) is 11.2 Å². The summed E-state index contributed by atoms with van der Waals surface area (Å²) in [5, 5.41) is 4.07. The summed E-state index contributed by atoms with van der Waals surface area (Å²) in [6.07, 6.45) is 1.80. The highest BCUT2D eigenvalue weighted by Gasteiger charge is 2.09. The zero-order chi connectivity index (χ0) is 19.4. The van der Waals surface area contributed by atoms with Gasteiger partial charge >= 0.3 is 0 Å². The highest BCUT2D eigenvalue weighted by Crippen LogP contribution is 2.20. The molecule has 138 valence electrons. The first-order valence-corrected chi connectivity index (χ1v) is 9.53. The molecule has 1 heterocycles. The van der Waals surface area contributed by atoms with Gasteiger partial charge < -0.3 is 4.57 Å². The number of rotatable bonds is 5. The van der Waals surface area contributed by atoms with Crippen LogP contribution in [0, 0.1) is 23.2 Å². The zero-order valence-electron chi connectivity index (χ0n) is 15.0. The maximum Gasteiger partial charge on any atom is 0.244 e. The lowest BCUT2D eigenvalue weighted by molar-refractivity contribution is -0.120. The van der Waals surface area contributed by atoms with E-state index in [9.17, 15) is 9.18 Å². The summed E-state index contributed by atoms with van der Waals surface area (Å²) < 4.78 is 16.2. The summed E-state index contributed by atoms with van der Waals surface area (Å²) in [7, 11) is 0. The maximum atomic E-state index is 12.9. The van der Waals surface area contributed by atoms with Gasteiger partial charge in [0.2, 0.25) is 5.91 Å². The third-order valence-electron chi connectivity index (χ3n) is 4.23. The SMILES string of the molecule is Cc1cc(/C=N\NC(=O)Cc2ccc(F)cc2)c(C)n1-c1ccc(I)cc1. The van der Waals surface area contributed by atoms with Gasteiger partial charge in [-0.05, 0) is 84.5 Å². The molecular weight excluding hydrogens is 456 g/mol. The van der Waals surface area contributed by atoms with Crippen LogP contribution in [0.15, 0.2) is 59.7 Å². The van der Waals surface area contributed by atoms with Crippen molar-refractivity contribution in [2.45, 2.75) is 20.3 Å². The van der Waals surface area contributed by atoms with Gasteiger partial charge in [0.05, 0.1) is 12.6 Å². The Labute approximate surface area is 171 Å². The number of halogens is 2. The van der Waals surface area contributed by atoms with Crippen molar-refractivity contribution in [1.29, 1.82) is 0 Å². The van der Waals surface area contributed by atoms with Crippen LogP contribution in [0.25, 0.3) is 5.69 Å². The monoisotopic (exact) mass is 475 g/mol. The van der Waals surface area contributed by atoms with Crippen LogP contribution >= 0.6 is 22.6 Å². The van der Waals surface area contributed by atoms with E-state index in [1.54, 1.807) is 18.3 Å². The lowest BCUT2D eigenvalue weighted by Gasteiger charge is -2.09. The van der Waals surface area contributed by atoms with Crippen molar-refractivity contribution in [3.05, 3.63) is 86.5 Å². The second-order valence-electron chi connectivity index (χ2n) is 6.23. The van der Waals surface area contributed by atoms with E-state index in [1.807, 2.05) is 19.9 Å². The molecule has 3 aromatic rings. The lowest BCUT2D eigenvalue weighted by atomic mass is 10.1. The second-order valence-corrected chi connectivity index (χ2v) is 7.48. The number of hydrogen-bond acceptors (Lipinski definition) is 2. The van der Waals surface area contributed by atoms with Crippen LogP contribution in [0.2, 0.25) is 0 Å². The van der Waals surface area contributed by atoms with Crippen molar-refractivity contribution in [2.75, 3.05) is 0 Å². The number of aromatic nitrogens is 1. The Kier molecular flexibility index (Phi) is 6.05. The molecule has 4 nitrogen and oxygen atoms in total. The second kappa shape index (κ2) is 8.47. The third kappa shape index (κ3) is 4.82. The average molecular weight is 475 g/mol. The van der Waals surface area contributed by atoms with E-state index in [1.165, 1.54) is 15.7 Å². The number of benzene rings is 2. The van der Waals surface area contributed by atoms with E-state index in [0.29, 0.717) is 0 Å². The molecule has 0 radical (unpaired) electrons. The van der Waals surface area contributed by atoms with Crippen molar-refractivity contribution in [1.82, 2.24) is 9.99 Å². The van der Waals surface area contributed by atoms with E-state index in [0.717, 1.165) is 28.2 Å². The number of carbonyl (C=O) groups is 1. The van der Waals surface area contributed by atoms with Crippen molar-refractivity contribution < 1.29 is 9.18 Å². The third-order valence-corrected chi connectivity index (χ3v) is 4.95. The predicted octanol–water partition coefficient (Wildman–Crippen LogP) is 4.53. The minimum absolute atomic E-state index is 0.152. The molecule has 27 heavy (non-hydrogen) atoms. The first-order chi connectivity index (χ1) is 12.9. The average Bonchev–Trinajstić information content (AvgIpc) is 2.92. The van der Waals surface area contributed by atoms with Crippen molar-refractivity contribution >= 4 is 34.7 Å². The van der Waals surface area contributed by atoms with Crippen LogP contribution in [0.5, 0.6) is 0 Å². The molecule has 1 N–H and O–H groups in total. The van der Waals surface area contributed by atoms with E-state index < -0.39 is 0 Å². The molecule has 0 atom stereocenters. The van der Waals surface area contributed by atoms with Crippen LogP contribution in [0.1, 0.15) is 22.5 Å². The number of carbonyl (C=O) groups excluding carboxylic acids is 1. The van der Waals surface area contributed by atoms with Gasteiger partial charge in [-0.1, -0.05) is 12.1 Å². The Morgan fingerprint density at radius 2 is 1.81 bits per heavy atom.